The largest absolute Gasteiger partial charge is 0.395 e. The van der Waals surface area contributed by atoms with Crippen molar-refractivity contribution in [3.05, 3.63) is 35.1 Å². The summed E-state index contributed by atoms with van der Waals surface area (Å²) in [4.78, 5) is 0. The molecule has 0 heterocycles. The van der Waals surface area contributed by atoms with Gasteiger partial charge in [-0.15, -0.1) is 0 Å². The van der Waals surface area contributed by atoms with E-state index in [1.54, 1.807) is 6.07 Å². The lowest BCUT2D eigenvalue weighted by molar-refractivity contribution is 0.0452. The molecule has 0 unspecified atom stereocenters. The molecule has 0 aliphatic rings. The number of hydrogen-bond donors (Lipinski definition) is 1. The zero-order chi connectivity index (χ0) is 13.9. The van der Waals surface area contributed by atoms with E-state index in [0.717, 1.165) is 5.56 Å². The van der Waals surface area contributed by atoms with E-state index in [9.17, 15) is 4.39 Å². The Kier molecular flexibility index (Phi) is 7.83. The van der Waals surface area contributed by atoms with Gasteiger partial charge in [-0.25, -0.2) is 4.39 Å². The third kappa shape index (κ3) is 6.92. The molecule has 0 aliphatic heterocycles. The topological polar surface area (TPSA) is 38.7 Å². The number of aliphatic hydroxyl groups is 1. The molecule has 3 nitrogen and oxygen atoms in total. The normalized spacial score (nSPS) is 10.1. The highest BCUT2D eigenvalue weighted by molar-refractivity contribution is 5.37. The molecule has 0 saturated heterocycles. The lowest BCUT2D eigenvalue weighted by Gasteiger charge is -2.05. The molecule has 0 spiro atoms. The Hall–Kier alpha value is -1.41. The summed E-state index contributed by atoms with van der Waals surface area (Å²) in [6.07, 6.45) is 0.386. The molecule has 0 radical (unpaired) electrons. The highest BCUT2D eigenvalue weighted by Crippen LogP contribution is 2.09. The van der Waals surface area contributed by atoms with Gasteiger partial charge < -0.3 is 14.6 Å². The van der Waals surface area contributed by atoms with Crippen LogP contribution in [0.2, 0.25) is 0 Å². The average Bonchev–Trinajstić information content (AvgIpc) is 2.38. The van der Waals surface area contributed by atoms with Gasteiger partial charge in [-0.3, -0.25) is 0 Å². The fourth-order valence-corrected chi connectivity index (χ4v) is 1.48. The van der Waals surface area contributed by atoms with Crippen LogP contribution in [0.3, 0.4) is 0 Å². The maximum atomic E-state index is 13.4. The standard InChI is InChI=1S/C15H19FO3/c1-2-18-7-8-19-12-14-9-13(5-3-4-6-17)10-15(16)11-14/h9-11,17H,2,4,6-8,12H2,1H3. The van der Waals surface area contributed by atoms with E-state index < -0.39 is 0 Å². The van der Waals surface area contributed by atoms with Crippen molar-refractivity contribution in [2.24, 2.45) is 0 Å². The Morgan fingerprint density at radius 2 is 2.00 bits per heavy atom. The third-order valence-corrected chi connectivity index (χ3v) is 2.27. The Morgan fingerprint density at radius 3 is 2.74 bits per heavy atom. The summed E-state index contributed by atoms with van der Waals surface area (Å²) < 4.78 is 23.9. The molecule has 4 heteroatoms. The molecule has 0 atom stereocenters. The summed E-state index contributed by atoms with van der Waals surface area (Å²) in [6, 6.07) is 4.58. The van der Waals surface area contributed by atoms with Crippen molar-refractivity contribution in [3.8, 4) is 11.8 Å². The lowest BCUT2D eigenvalue weighted by Crippen LogP contribution is -2.04. The second-order valence-corrected chi connectivity index (χ2v) is 3.87. The maximum absolute atomic E-state index is 13.4. The first-order valence-corrected chi connectivity index (χ1v) is 6.31. The minimum absolute atomic E-state index is 0.00964. The highest BCUT2D eigenvalue weighted by Gasteiger charge is 2.00. The monoisotopic (exact) mass is 266 g/mol. The molecular weight excluding hydrogens is 247 g/mol. The van der Waals surface area contributed by atoms with Gasteiger partial charge >= 0.3 is 0 Å². The van der Waals surface area contributed by atoms with Crippen LogP contribution < -0.4 is 0 Å². The van der Waals surface area contributed by atoms with Gasteiger partial charge in [-0.1, -0.05) is 11.8 Å². The number of ether oxygens (including phenoxy) is 2. The van der Waals surface area contributed by atoms with Gasteiger partial charge in [0, 0.05) is 18.6 Å². The van der Waals surface area contributed by atoms with Gasteiger partial charge in [-0.05, 0) is 30.7 Å². The molecular formula is C15H19FO3. The van der Waals surface area contributed by atoms with Crippen LogP contribution in [0.1, 0.15) is 24.5 Å². The summed E-state index contributed by atoms with van der Waals surface area (Å²) in [5, 5.41) is 8.63. The number of rotatable bonds is 7. The van der Waals surface area contributed by atoms with Crippen molar-refractivity contribution < 1.29 is 19.0 Å². The second kappa shape index (κ2) is 9.51. The van der Waals surface area contributed by atoms with E-state index in [1.807, 2.05) is 6.92 Å². The number of benzene rings is 1. The van der Waals surface area contributed by atoms with Crippen LogP contribution in [0.4, 0.5) is 4.39 Å². The molecule has 1 aromatic carbocycles. The zero-order valence-corrected chi connectivity index (χ0v) is 11.1. The molecule has 0 aromatic heterocycles. The van der Waals surface area contributed by atoms with Crippen molar-refractivity contribution in [1.82, 2.24) is 0 Å². The quantitative estimate of drug-likeness (QED) is 0.607. The van der Waals surface area contributed by atoms with Gasteiger partial charge in [0.2, 0.25) is 0 Å². The fraction of sp³-hybridized carbons (Fsp3) is 0.467. The summed E-state index contributed by atoms with van der Waals surface area (Å²) in [7, 11) is 0. The van der Waals surface area contributed by atoms with Gasteiger partial charge in [0.05, 0.1) is 26.4 Å². The Labute approximate surface area is 113 Å². The van der Waals surface area contributed by atoms with Crippen LogP contribution in [0.15, 0.2) is 18.2 Å². The molecule has 104 valence electrons. The van der Waals surface area contributed by atoms with E-state index in [2.05, 4.69) is 11.8 Å². The van der Waals surface area contributed by atoms with E-state index in [1.165, 1.54) is 12.1 Å². The molecule has 0 saturated carbocycles. The Bertz CT molecular complexity index is 435. The molecule has 1 N–H and O–H groups in total. The van der Waals surface area contributed by atoms with Crippen LogP contribution in [0, 0.1) is 17.7 Å². The van der Waals surface area contributed by atoms with Crippen molar-refractivity contribution >= 4 is 0 Å². The van der Waals surface area contributed by atoms with Crippen molar-refractivity contribution in [2.45, 2.75) is 20.0 Å². The summed E-state index contributed by atoms with van der Waals surface area (Å²) in [5.74, 6) is 5.24. The summed E-state index contributed by atoms with van der Waals surface area (Å²) in [6.45, 7) is 3.94. The Balaban J connectivity index is 2.52. The van der Waals surface area contributed by atoms with Crippen LogP contribution in [0.25, 0.3) is 0 Å². The van der Waals surface area contributed by atoms with E-state index in [-0.39, 0.29) is 12.4 Å². The first-order chi connectivity index (χ1) is 9.26. The van der Waals surface area contributed by atoms with E-state index in [4.69, 9.17) is 14.6 Å². The number of aliphatic hydroxyl groups excluding tert-OH is 1. The first kappa shape index (κ1) is 15.6. The fourth-order valence-electron chi connectivity index (χ4n) is 1.48. The lowest BCUT2D eigenvalue weighted by atomic mass is 10.1. The number of hydrogen-bond acceptors (Lipinski definition) is 3. The predicted molar refractivity (Wildman–Crippen MR) is 71.1 cm³/mol. The Morgan fingerprint density at radius 1 is 1.21 bits per heavy atom. The molecule has 0 aliphatic carbocycles. The van der Waals surface area contributed by atoms with E-state index >= 15 is 0 Å². The van der Waals surface area contributed by atoms with Crippen molar-refractivity contribution in [3.63, 3.8) is 0 Å². The summed E-state index contributed by atoms with van der Waals surface area (Å²) in [5.41, 5.74) is 1.33. The van der Waals surface area contributed by atoms with Crippen LogP contribution in [-0.4, -0.2) is 31.5 Å². The smallest absolute Gasteiger partial charge is 0.124 e. The first-order valence-electron chi connectivity index (χ1n) is 6.31. The zero-order valence-electron chi connectivity index (χ0n) is 11.1. The minimum Gasteiger partial charge on any atom is -0.395 e. The van der Waals surface area contributed by atoms with Crippen LogP contribution in [0.5, 0.6) is 0 Å². The maximum Gasteiger partial charge on any atom is 0.124 e. The molecule has 1 aromatic rings. The van der Waals surface area contributed by atoms with Crippen molar-refractivity contribution in [2.75, 3.05) is 26.4 Å². The highest BCUT2D eigenvalue weighted by atomic mass is 19.1. The van der Waals surface area contributed by atoms with Crippen molar-refractivity contribution in [1.29, 1.82) is 0 Å². The molecule has 1 rings (SSSR count). The van der Waals surface area contributed by atoms with Gasteiger partial charge in [0.25, 0.3) is 0 Å². The van der Waals surface area contributed by atoms with Gasteiger partial charge in [0.15, 0.2) is 0 Å². The molecule has 0 bridgehead atoms. The molecule has 0 amide bonds. The minimum atomic E-state index is -0.334. The average molecular weight is 266 g/mol. The van der Waals surface area contributed by atoms with Gasteiger partial charge in [-0.2, -0.15) is 0 Å². The molecule has 19 heavy (non-hydrogen) atoms. The van der Waals surface area contributed by atoms with E-state index in [0.29, 0.717) is 38.4 Å². The number of halogens is 1. The summed E-state index contributed by atoms with van der Waals surface area (Å²) >= 11 is 0. The SMILES string of the molecule is CCOCCOCc1cc(F)cc(C#CCCO)c1. The second-order valence-electron chi connectivity index (χ2n) is 3.87. The van der Waals surface area contributed by atoms with Crippen LogP contribution >= 0.6 is 0 Å². The third-order valence-electron chi connectivity index (χ3n) is 2.27. The van der Waals surface area contributed by atoms with Crippen LogP contribution in [-0.2, 0) is 16.1 Å². The predicted octanol–water partition coefficient (Wildman–Crippen LogP) is 2.11. The van der Waals surface area contributed by atoms with Gasteiger partial charge in [0.1, 0.15) is 5.82 Å². The molecule has 0 fully saturated rings.